The second-order valence-corrected chi connectivity index (χ2v) is 6.88. The molecule has 0 saturated carbocycles. The molecule has 96 valence electrons. The zero-order valence-corrected chi connectivity index (χ0v) is 14.1. The molecule has 1 nitrogen and oxygen atoms in total. The summed E-state index contributed by atoms with van der Waals surface area (Å²) in [7, 11) is 1.71. The van der Waals surface area contributed by atoms with Gasteiger partial charge in [0.15, 0.2) is 0 Å². The van der Waals surface area contributed by atoms with E-state index in [1.807, 2.05) is 6.07 Å². The lowest BCUT2D eigenvalue weighted by molar-refractivity contribution is 0.266. The summed E-state index contributed by atoms with van der Waals surface area (Å²) in [5, 5.41) is 1.01. The Morgan fingerprint density at radius 1 is 1.29 bits per heavy atom. The maximum atomic E-state index is 5.28. The molecule has 0 saturated heterocycles. The Morgan fingerprint density at radius 3 is 2.41 bits per heavy atom. The number of rotatable bonds is 4. The van der Waals surface area contributed by atoms with Gasteiger partial charge in [0.1, 0.15) is 5.75 Å². The van der Waals surface area contributed by atoms with E-state index in [0.29, 0.717) is 11.3 Å². The first-order valence-electron chi connectivity index (χ1n) is 5.77. The average Bonchev–Trinajstić information content (AvgIpc) is 2.26. The minimum absolute atomic E-state index is 0.298. The minimum atomic E-state index is 0.298. The molecule has 0 aliphatic rings. The standard InChI is InChI=1S/C14H20Br2O/c1-14(2,3)11(9-15)7-10-8-12(17-4)5-6-13(10)16/h5-6,8,11H,7,9H2,1-4H3. The molecule has 0 bridgehead atoms. The van der Waals surface area contributed by atoms with Gasteiger partial charge < -0.3 is 4.74 Å². The van der Waals surface area contributed by atoms with Crippen LogP contribution in [0.2, 0.25) is 0 Å². The fraction of sp³-hybridized carbons (Fsp3) is 0.571. The van der Waals surface area contributed by atoms with Crippen molar-refractivity contribution in [1.29, 1.82) is 0 Å². The topological polar surface area (TPSA) is 9.23 Å². The van der Waals surface area contributed by atoms with Crippen molar-refractivity contribution >= 4 is 31.9 Å². The molecular weight excluding hydrogens is 344 g/mol. The zero-order chi connectivity index (χ0) is 13.1. The maximum absolute atomic E-state index is 5.28. The van der Waals surface area contributed by atoms with Gasteiger partial charge in [0, 0.05) is 9.80 Å². The summed E-state index contributed by atoms with van der Waals surface area (Å²) in [6, 6.07) is 6.15. The fourth-order valence-corrected chi connectivity index (χ4v) is 3.30. The minimum Gasteiger partial charge on any atom is -0.497 e. The first-order valence-corrected chi connectivity index (χ1v) is 7.68. The first kappa shape index (κ1) is 15.0. The van der Waals surface area contributed by atoms with Crippen LogP contribution in [-0.2, 0) is 6.42 Å². The van der Waals surface area contributed by atoms with Crippen LogP contribution in [0.4, 0.5) is 0 Å². The summed E-state index contributed by atoms with van der Waals surface area (Å²) in [6.07, 6.45) is 1.05. The molecular formula is C14H20Br2O. The van der Waals surface area contributed by atoms with E-state index < -0.39 is 0 Å². The van der Waals surface area contributed by atoms with Crippen LogP contribution in [0.3, 0.4) is 0 Å². The van der Waals surface area contributed by atoms with E-state index in [1.54, 1.807) is 7.11 Å². The number of hydrogen-bond acceptors (Lipinski definition) is 1. The van der Waals surface area contributed by atoms with Crippen molar-refractivity contribution in [2.45, 2.75) is 27.2 Å². The van der Waals surface area contributed by atoms with Gasteiger partial charge in [-0.15, -0.1) is 0 Å². The monoisotopic (exact) mass is 362 g/mol. The third kappa shape index (κ3) is 4.29. The highest BCUT2D eigenvalue weighted by Crippen LogP contribution is 2.33. The number of hydrogen-bond donors (Lipinski definition) is 0. The number of methoxy groups -OCH3 is 1. The van der Waals surface area contributed by atoms with Crippen molar-refractivity contribution in [2.75, 3.05) is 12.4 Å². The third-order valence-corrected chi connectivity index (χ3v) is 4.69. The molecule has 1 unspecified atom stereocenters. The number of benzene rings is 1. The number of alkyl halides is 1. The molecule has 17 heavy (non-hydrogen) atoms. The smallest absolute Gasteiger partial charge is 0.119 e. The van der Waals surface area contributed by atoms with E-state index in [9.17, 15) is 0 Å². The summed E-state index contributed by atoms with van der Waals surface area (Å²) < 4.78 is 6.44. The molecule has 0 fully saturated rings. The van der Waals surface area contributed by atoms with Crippen LogP contribution in [0, 0.1) is 11.3 Å². The first-order chi connectivity index (χ1) is 7.88. The van der Waals surface area contributed by atoms with Crippen molar-refractivity contribution in [2.24, 2.45) is 11.3 Å². The van der Waals surface area contributed by atoms with Crippen LogP contribution >= 0.6 is 31.9 Å². The molecule has 0 radical (unpaired) electrons. The SMILES string of the molecule is COc1ccc(Br)c(CC(CBr)C(C)(C)C)c1. The zero-order valence-electron chi connectivity index (χ0n) is 10.9. The summed E-state index contributed by atoms with van der Waals surface area (Å²) in [6.45, 7) is 6.85. The Labute approximate surface area is 121 Å². The Balaban J connectivity index is 2.93. The summed E-state index contributed by atoms with van der Waals surface area (Å²) in [5.41, 5.74) is 1.61. The van der Waals surface area contributed by atoms with Crippen molar-refractivity contribution in [3.8, 4) is 5.75 Å². The molecule has 0 amide bonds. The molecule has 0 N–H and O–H groups in total. The number of halogens is 2. The maximum Gasteiger partial charge on any atom is 0.119 e. The van der Waals surface area contributed by atoms with Gasteiger partial charge >= 0.3 is 0 Å². The largest absolute Gasteiger partial charge is 0.497 e. The number of ether oxygens (including phenoxy) is 1. The predicted molar refractivity (Wildman–Crippen MR) is 81.1 cm³/mol. The lowest BCUT2D eigenvalue weighted by atomic mass is 9.78. The van der Waals surface area contributed by atoms with E-state index >= 15 is 0 Å². The van der Waals surface area contributed by atoms with Gasteiger partial charge in [0.25, 0.3) is 0 Å². The summed E-state index contributed by atoms with van der Waals surface area (Å²) in [4.78, 5) is 0. The second kappa shape index (κ2) is 6.24. The van der Waals surface area contributed by atoms with Crippen molar-refractivity contribution in [1.82, 2.24) is 0 Å². The van der Waals surface area contributed by atoms with Gasteiger partial charge in [-0.2, -0.15) is 0 Å². The van der Waals surface area contributed by atoms with Crippen LogP contribution in [-0.4, -0.2) is 12.4 Å². The third-order valence-electron chi connectivity index (χ3n) is 3.13. The molecule has 1 rings (SSSR count). The molecule has 0 heterocycles. The summed E-state index contributed by atoms with van der Waals surface area (Å²) in [5.74, 6) is 1.52. The van der Waals surface area contributed by atoms with Crippen molar-refractivity contribution < 1.29 is 4.74 Å². The highest BCUT2D eigenvalue weighted by atomic mass is 79.9. The van der Waals surface area contributed by atoms with Gasteiger partial charge in [0.2, 0.25) is 0 Å². The lowest BCUT2D eigenvalue weighted by Gasteiger charge is -2.29. The van der Waals surface area contributed by atoms with Crippen LogP contribution in [0.5, 0.6) is 5.75 Å². The van der Waals surface area contributed by atoms with Gasteiger partial charge in [-0.1, -0.05) is 52.6 Å². The van der Waals surface area contributed by atoms with E-state index in [-0.39, 0.29) is 0 Å². The average molecular weight is 364 g/mol. The van der Waals surface area contributed by atoms with Crippen LogP contribution in [0.1, 0.15) is 26.3 Å². The Hall–Kier alpha value is -0.0200. The molecule has 3 heteroatoms. The second-order valence-electron chi connectivity index (χ2n) is 5.38. The quantitative estimate of drug-likeness (QED) is 0.679. The van der Waals surface area contributed by atoms with Crippen LogP contribution in [0.25, 0.3) is 0 Å². The highest BCUT2D eigenvalue weighted by molar-refractivity contribution is 9.10. The van der Waals surface area contributed by atoms with Crippen LogP contribution < -0.4 is 4.74 Å². The molecule has 0 aromatic heterocycles. The Morgan fingerprint density at radius 2 is 1.94 bits per heavy atom. The van der Waals surface area contributed by atoms with Gasteiger partial charge in [0.05, 0.1) is 7.11 Å². The normalized spacial score (nSPS) is 13.5. The molecule has 0 aliphatic heterocycles. The molecule has 0 spiro atoms. The Bertz CT molecular complexity index is 369. The van der Waals surface area contributed by atoms with Crippen LogP contribution in [0.15, 0.2) is 22.7 Å². The van der Waals surface area contributed by atoms with E-state index in [1.165, 1.54) is 5.56 Å². The molecule has 1 aromatic carbocycles. The van der Waals surface area contributed by atoms with Crippen molar-refractivity contribution in [3.63, 3.8) is 0 Å². The fourth-order valence-electron chi connectivity index (χ4n) is 1.69. The van der Waals surface area contributed by atoms with E-state index in [0.717, 1.165) is 22.0 Å². The molecule has 0 aliphatic carbocycles. The van der Waals surface area contributed by atoms with E-state index in [2.05, 4.69) is 64.8 Å². The van der Waals surface area contributed by atoms with Crippen molar-refractivity contribution in [3.05, 3.63) is 28.2 Å². The predicted octanol–water partition coefficient (Wildman–Crippen LogP) is 5.06. The summed E-state index contributed by atoms with van der Waals surface area (Å²) >= 11 is 7.24. The molecule has 1 aromatic rings. The molecule has 1 atom stereocenters. The van der Waals surface area contributed by atoms with Gasteiger partial charge in [-0.3, -0.25) is 0 Å². The van der Waals surface area contributed by atoms with E-state index in [4.69, 9.17) is 4.74 Å². The highest BCUT2D eigenvalue weighted by Gasteiger charge is 2.24. The Kier molecular flexibility index (Phi) is 5.52. The van der Waals surface area contributed by atoms with Gasteiger partial charge in [-0.05, 0) is 41.5 Å². The lowest BCUT2D eigenvalue weighted by Crippen LogP contribution is -2.24. The van der Waals surface area contributed by atoms with Gasteiger partial charge in [-0.25, -0.2) is 0 Å².